The van der Waals surface area contributed by atoms with Crippen LogP contribution in [0.1, 0.15) is 35.2 Å². The van der Waals surface area contributed by atoms with E-state index in [2.05, 4.69) is 17.2 Å². The van der Waals surface area contributed by atoms with Crippen LogP contribution in [0.2, 0.25) is 0 Å². The van der Waals surface area contributed by atoms with E-state index in [1.54, 1.807) is 4.68 Å². The number of benzene rings is 1. The molecule has 4 heteroatoms. The molecule has 0 unspecified atom stereocenters. The zero-order valence-electron chi connectivity index (χ0n) is 12.1. The smallest absolute Gasteiger partial charge is 0.222 e. The molecule has 0 spiro atoms. The lowest BCUT2D eigenvalue weighted by molar-refractivity contribution is 0.425. The molecule has 0 radical (unpaired) electrons. The van der Waals surface area contributed by atoms with Crippen molar-refractivity contribution in [3.05, 3.63) is 40.6 Å². The molecule has 1 aliphatic carbocycles. The maximum Gasteiger partial charge on any atom is 0.222 e. The SMILES string of the molecule is Cc1nn(C)c(Oc2ccc3c(c2)CCCC3)c1CN. The van der Waals surface area contributed by atoms with Gasteiger partial charge in [0.2, 0.25) is 5.88 Å². The van der Waals surface area contributed by atoms with Crippen LogP contribution in [0.25, 0.3) is 0 Å². The Morgan fingerprint density at radius 2 is 2.00 bits per heavy atom. The topological polar surface area (TPSA) is 53.1 Å². The molecule has 1 aliphatic rings. The molecule has 4 nitrogen and oxygen atoms in total. The van der Waals surface area contributed by atoms with E-state index in [1.807, 2.05) is 20.0 Å². The Kier molecular flexibility index (Phi) is 3.49. The maximum absolute atomic E-state index is 6.04. The van der Waals surface area contributed by atoms with Gasteiger partial charge in [-0.25, -0.2) is 4.68 Å². The summed E-state index contributed by atoms with van der Waals surface area (Å²) >= 11 is 0. The molecule has 3 rings (SSSR count). The van der Waals surface area contributed by atoms with Gasteiger partial charge in [0.25, 0.3) is 0 Å². The first-order chi connectivity index (χ1) is 9.69. The van der Waals surface area contributed by atoms with Crippen LogP contribution < -0.4 is 10.5 Å². The number of rotatable bonds is 3. The van der Waals surface area contributed by atoms with Gasteiger partial charge in [-0.2, -0.15) is 5.10 Å². The van der Waals surface area contributed by atoms with Gasteiger partial charge >= 0.3 is 0 Å². The summed E-state index contributed by atoms with van der Waals surface area (Å²) in [6.07, 6.45) is 4.91. The summed E-state index contributed by atoms with van der Waals surface area (Å²) in [4.78, 5) is 0. The molecular formula is C16H21N3O. The fraction of sp³-hybridized carbons (Fsp3) is 0.438. The number of fused-ring (bicyclic) bond motifs is 1. The highest BCUT2D eigenvalue weighted by molar-refractivity contribution is 5.40. The lowest BCUT2D eigenvalue weighted by Crippen LogP contribution is -2.04. The second kappa shape index (κ2) is 5.29. The van der Waals surface area contributed by atoms with Crippen molar-refractivity contribution in [2.45, 2.75) is 39.2 Å². The van der Waals surface area contributed by atoms with E-state index >= 15 is 0 Å². The van der Waals surface area contributed by atoms with Crippen molar-refractivity contribution >= 4 is 0 Å². The lowest BCUT2D eigenvalue weighted by atomic mass is 9.92. The number of ether oxygens (including phenoxy) is 1. The molecule has 0 saturated carbocycles. The number of hydrogen-bond donors (Lipinski definition) is 1. The summed E-state index contributed by atoms with van der Waals surface area (Å²) in [5.74, 6) is 1.63. The Labute approximate surface area is 119 Å². The number of aryl methyl sites for hydroxylation is 4. The van der Waals surface area contributed by atoms with Gasteiger partial charge in [-0.05, 0) is 55.9 Å². The van der Waals surface area contributed by atoms with Gasteiger partial charge < -0.3 is 10.5 Å². The van der Waals surface area contributed by atoms with E-state index < -0.39 is 0 Å². The first-order valence-corrected chi connectivity index (χ1v) is 7.21. The van der Waals surface area contributed by atoms with Crippen LogP contribution in [0.15, 0.2) is 18.2 Å². The first-order valence-electron chi connectivity index (χ1n) is 7.21. The number of nitrogens with two attached hydrogens (primary N) is 1. The van der Waals surface area contributed by atoms with Crippen LogP contribution in [-0.2, 0) is 26.4 Å². The fourth-order valence-electron chi connectivity index (χ4n) is 2.93. The molecule has 1 aromatic carbocycles. The standard InChI is InChI=1S/C16H21N3O/c1-11-15(10-17)16(19(2)18-11)20-14-8-7-12-5-3-4-6-13(12)9-14/h7-9H,3-6,10,17H2,1-2H3. The predicted octanol–water partition coefficient (Wildman–Crippen LogP) is 2.86. The van der Waals surface area contributed by atoms with E-state index in [9.17, 15) is 0 Å². The van der Waals surface area contributed by atoms with Gasteiger partial charge in [0.15, 0.2) is 0 Å². The largest absolute Gasteiger partial charge is 0.439 e. The Balaban J connectivity index is 1.91. The number of nitrogens with zero attached hydrogens (tertiary/aromatic N) is 2. The van der Waals surface area contributed by atoms with Crippen LogP contribution in [0.5, 0.6) is 11.6 Å². The monoisotopic (exact) mass is 271 g/mol. The van der Waals surface area contributed by atoms with Gasteiger partial charge in [0.1, 0.15) is 5.75 Å². The van der Waals surface area contributed by atoms with Gasteiger partial charge in [0.05, 0.1) is 11.3 Å². The normalized spacial score (nSPS) is 14.2. The third kappa shape index (κ3) is 2.31. The zero-order valence-corrected chi connectivity index (χ0v) is 12.1. The van der Waals surface area contributed by atoms with Crippen molar-refractivity contribution in [2.75, 3.05) is 0 Å². The summed E-state index contributed by atoms with van der Waals surface area (Å²) in [6, 6.07) is 6.40. The molecule has 0 aliphatic heterocycles. The van der Waals surface area contributed by atoms with Gasteiger partial charge in [-0.1, -0.05) is 6.07 Å². The molecule has 2 N–H and O–H groups in total. The number of hydrogen-bond acceptors (Lipinski definition) is 3. The Bertz CT molecular complexity index is 631. The fourth-order valence-corrected chi connectivity index (χ4v) is 2.93. The lowest BCUT2D eigenvalue weighted by Gasteiger charge is -2.17. The van der Waals surface area contributed by atoms with Crippen LogP contribution in [-0.4, -0.2) is 9.78 Å². The highest BCUT2D eigenvalue weighted by Gasteiger charge is 2.15. The predicted molar refractivity (Wildman–Crippen MR) is 79.0 cm³/mol. The van der Waals surface area contributed by atoms with E-state index in [0.29, 0.717) is 6.54 Å². The molecule has 1 heterocycles. The quantitative estimate of drug-likeness (QED) is 0.934. The Morgan fingerprint density at radius 3 is 2.75 bits per heavy atom. The highest BCUT2D eigenvalue weighted by atomic mass is 16.5. The van der Waals surface area contributed by atoms with E-state index in [4.69, 9.17) is 10.5 Å². The van der Waals surface area contributed by atoms with E-state index in [-0.39, 0.29) is 0 Å². The molecule has 0 saturated heterocycles. The van der Waals surface area contributed by atoms with Crippen molar-refractivity contribution in [2.24, 2.45) is 12.8 Å². The van der Waals surface area contributed by atoms with Crippen molar-refractivity contribution in [3.63, 3.8) is 0 Å². The first kappa shape index (κ1) is 13.2. The van der Waals surface area contributed by atoms with Crippen LogP contribution in [0.3, 0.4) is 0 Å². The molecular weight excluding hydrogens is 250 g/mol. The van der Waals surface area contributed by atoms with Gasteiger partial charge in [0, 0.05) is 13.6 Å². The van der Waals surface area contributed by atoms with Crippen molar-refractivity contribution in [1.29, 1.82) is 0 Å². The molecule has 2 aromatic rings. The summed E-state index contributed by atoms with van der Waals surface area (Å²) < 4.78 is 7.80. The minimum Gasteiger partial charge on any atom is -0.439 e. The summed E-state index contributed by atoms with van der Waals surface area (Å²) in [5, 5.41) is 4.38. The second-order valence-corrected chi connectivity index (χ2v) is 5.44. The molecule has 0 atom stereocenters. The van der Waals surface area contributed by atoms with E-state index in [0.717, 1.165) is 29.3 Å². The maximum atomic E-state index is 6.04. The number of aromatic nitrogens is 2. The van der Waals surface area contributed by atoms with Crippen molar-refractivity contribution in [1.82, 2.24) is 9.78 Å². The second-order valence-electron chi connectivity index (χ2n) is 5.44. The summed E-state index contributed by atoms with van der Waals surface area (Å²) in [6.45, 7) is 2.40. The Morgan fingerprint density at radius 1 is 1.25 bits per heavy atom. The molecule has 1 aromatic heterocycles. The van der Waals surface area contributed by atoms with Gasteiger partial charge in [-0.3, -0.25) is 0 Å². The molecule has 20 heavy (non-hydrogen) atoms. The van der Waals surface area contributed by atoms with E-state index in [1.165, 1.54) is 30.4 Å². The highest BCUT2D eigenvalue weighted by Crippen LogP contribution is 2.30. The molecule has 106 valence electrons. The molecule has 0 bridgehead atoms. The minimum atomic E-state index is 0.444. The van der Waals surface area contributed by atoms with Crippen molar-refractivity contribution in [3.8, 4) is 11.6 Å². The van der Waals surface area contributed by atoms with Crippen LogP contribution in [0, 0.1) is 6.92 Å². The zero-order chi connectivity index (χ0) is 14.1. The average Bonchev–Trinajstić information content (AvgIpc) is 2.72. The molecule has 0 amide bonds. The van der Waals surface area contributed by atoms with Crippen molar-refractivity contribution < 1.29 is 4.74 Å². The molecule has 0 fully saturated rings. The average molecular weight is 271 g/mol. The van der Waals surface area contributed by atoms with Gasteiger partial charge in [-0.15, -0.1) is 0 Å². The summed E-state index contributed by atoms with van der Waals surface area (Å²) in [5.41, 5.74) is 10.6. The third-order valence-electron chi connectivity index (χ3n) is 4.03. The summed E-state index contributed by atoms with van der Waals surface area (Å²) in [7, 11) is 1.89. The van der Waals surface area contributed by atoms with Crippen LogP contribution in [0.4, 0.5) is 0 Å². The van der Waals surface area contributed by atoms with Crippen LogP contribution >= 0.6 is 0 Å². The third-order valence-corrected chi connectivity index (χ3v) is 4.03. The Hall–Kier alpha value is -1.81. The minimum absolute atomic E-state index is 0.444.